The number of hydrogen-bond acceptors (Lipinski definition) is 3. The molecule has 14 heavy (non-hydrogen) atoms. The first kappa shape index (κ1) is 10.1. The van der Waals surface area contributed by atoms with E-state index in [9.17, 15) is 8.42 Å². The molecule has 0 fully saturated rings. The Kier molecular flexibility index (Phi) is 2.41. The average molecular weight is 276 g/mol. The maximum Gasteiger partial charge on any atom is 0.183 e. The molecule has 1 aliphatic heterocycles. The summed E-state index contributed by atoms with van der Waals surface area (Å²) in [6.07, 6.45) is 0.535. The Morgan fingerprint density at radius 1 is 1.50 bits per heavy atom. The summed E-state index contributed by atoms with van der Waals surface area (Å²) in [7, 11) is -3.16. The van der Waals surface area contributed by atoms with Gasteiger partial charge in [0.25, 0.3) is 0 Å². The SMILES string of the molecule is NCC1Cc2cc(Br)ccc2S1(=O)=O. The summed E-state index contributed by atoms with van der Waals surface area (Å²) in [5, 5.41) is -0.438. The highest BCUT2D eigenvalue weighted by Crippen LogP contribution is 2.32. The molecule has 1 atom stereocenters. The van der Waals surface area contributed by atoms with E-state index in [1.807, 2.05) is 6.07 Å². The second-order valence-corrected chi connectivity index (χ2v) is 6.47. The van der Waals surface area contributed by atoms with Gasteiger partial charge in [0.05, 0.1) is 10.1 Å². The zero-order valence-electron chi connectivity index (χ0n) is 7.40. The van der Waals surface area contributed by atoms with Crippen LogP contribution in [-0.4, -0.2) is 20.2 Å². The Bertz CT molecular complexity index is 470. The summed E-state index contributed by atoms with van der Waals surface area (Å²) in [6.45, 7) is 0.189. The van der Waals surface area contributed by atoms with Crippen LogP contribution >= 0.6 is 15.9 Å². The minimum absolute atomic E-state index is 0.189. The number of rotatable bonds is 1. The topological polar surface area (TPSA) is 60.2 Å². The van der Waals surface area contributed by atoms with Crippen molar-refractivity contribution in [2.75, 3.05) is 6.54 Å². The lowest BCUT2D eigenvalue weighted by Gasteiger charge is -2.03. The zero-order valence-corrected chi connectivity index (χ0v) is 9.81. The van der Waals surface area contributed by atoms with Gasteiger partial charge in [-0.2, -0.15) is 0 Å². The first-order chi connectivity index (χ1) is 6.55. The van der Waals surface area contributed by atoms with E-state index in [0.29, 0.717) is 11.3 Å². The highest BCUT2D eigenvalue weighted by molar-refractivity contribution is 9.10. The molecule has 3 nitrogen and oxygen atoms in total. The second-order valence-electron chi connectivity index (χ2n) is 3.36. The number of fused-ring (bicyclic) bond motifs is 1. The molecule has 0 saturated heterocycles. The van der Waals surface area contributed by atoms with Gasteiger partial charge < -0.3 is 5.73 Å². The Morgan fingerprint density at radius 3 is 2.86 bits per heavy atom. The third-order valence-electron chi connectivity index (χ3n) is 2.48. The predicted molar refractivity (Wildman–Crippen MR) is 57.9 cm³/mol. The van der Waals surface area contributed by atoms with Crippen LogP contribution in [0.25, 0.3) is 0 Å². The van der Waals surface area contributed by atoms with Crippen molar-refractivity contribution in [1.29, 1.82) is 0 Å². The van der Waals surface area contributed by atoms with Crippen LogP contribution in [0.15, 0.2) is 27.6 Å². The van der Waals surface area contributed by atoms with Crippen LogP contribution in [0.5, 0.6) is 0 Å². The number of sulfone groups is 1. The summed E-state index contributed by atoms with van der Waals surface area (Å²) >= 11 is 3.32. The molecule has 2 rings (SSSR count). The fourth-order valence-electron chi connectivity index (χ4n) is 1.73. The van der Waals surface area contributed by atoms with Gasteiger partial charge in [-0.25, -0.2) is 8.42 Å². The van der Waals surface area contributed by atoms with Crippen molar-refractivity contribution in [2.24, 2.45) is 5.73 Å². The lowest BCUT2D eigenvalue weighted by Crippen LogP contribution is -2.26. The lowest BCUT2D eigenvalue weighted by molar-refractivity contribution is 0.587. The number of benzene rings is 1. The molecular formula is C9H10BrNO2S. The van der Waals surface area contributed by atoms with Crippen molar-refractivity contribution in [3.63, 3.8) is 0 Å². The molecule has 0 radical (unpaired) electrons. The molecule has 1 aliphatic rings. The molecular weight excluding hydrogens is 266 g/mol. The van der Waals surface area contributed by atoms with Gasteiger partial charge in [-0.15, -0.1) is 0 Å². The smallest absolute Gasteiger partial charge is 0.183 e. The van der Waals surface area contributed by atoms with Crippen molar-refractivity contribution < 1.29 is 8.42 Å². The number of hydrogen-bond donors (Lipinski definition) is 1. The molecule has 2 N–H and O–H groups in total. The van der Waals surface area contributed by atoms with Crippen LogP contribution in [0.3, 0.4) is 0 Å². The molecule has 1 aromatic carbocycles. The van der Waals surface area contributed by atoms with Crippen molar-refractivity contribution >= 4 is 25.8 Å². The maximum atomic E-state index is 11.8. The Hall–Kier alpha value is -0.390. The molecule has 5 heteroatoms. The summed E-state index contributed by atoms with van der Waals surface area (Å²) in [5.74, 6) is 0. The van der Waals surface area contributed by atoms with E-state index >= 15 is 0 Å². The molecule has 0 saturated carbocycles. The number of halogens is 1. The van der Waals surface area contributed by atoms with Gasteiger partial charge in [-0.1, -0.05) is 15.9 Å². The van der Waals surface area contributed by atoms with E-state index in [1.54, 1.807) is 12.1 Å². The van der Waals surface area contributed by atoms with Crippen LogP contribution < -0.4 is 5.73 Å². The van der Waals surface area contributed by atoms with Crippen LogP contribution in [0.1, 0.15) is 5.56 Å². The van der Waals surface area contributed by atoms with E-state index in [2.05, 4.69) is 15.9 Å². The van der Waals surface area contributed by atoms with Crippen LogP contribution in [-0.2, 0) is 16.3 Å². The van der Waals surface area contributed by atoms with Gasteiger partial charge in [-0.05, 0) is 30.2 Å². The van der Waals surface area contributed by atoms with Crippen molar-refractivity contribution in [3.8, 4) is 0 Å². The predicted octanol–water partition coefficient (Wildman–Crippen LogP) is 1.11. The minimum Gasteiger partial charge on any atom is -0.329 e. The highest BCUT2D eigenvalue weighted by atomic mass is 79.9. The first-order valence-electron chi connectivity index (χ1n) is 4.28. The molecule has 0 amide bonds. The Balaban J connectivity index is 2.60. The van der Waals surface area contributed by atoms with Crippen molar-refractivity contribution in [1.82, 2.24) is 0 Å². The van der Waals surface area contributed by atoms with Gasteiger partial charge in [0.2, 0.25) is 0 Å². The molecule has 1 aromatic rings. The van der Waals surface area contributed by atoms with Crippen molar-refractivity contribution in [2.45, 2.75) is 16.6 Å². The van der Waals surface area contributed by atoms with Gasteiger partial charge in [0.1, 0.15) is 0 Å². The summed E-state index contributed by atoms with van der Waals surface area (Å²) in [5.41, 5.74) is 6.31. The van der Waals surface area contributed by atoms with Gasteiger partial charge in [-0.3, -0.25) is 0 Å². The monoisotopic (exact) mass is 275 g/mol. The van der Waals surface area contributed by atoms with Crippen LogP contribution in [0, 0.1) is 0 Å². The van der Waals surface area contributed by atoms with Crippen LogP contribution in [0.2, 0.25) is 0 Å². The van der Waals surface area contributed by atoms with E-state index in [1.165, 1.54) is 0 Å². The second kappa shape index (κ2) is 3.32. The number of nitrogens with two attached hydrogens (primary N) is 1. The largest absolute Gasteiger partial charge is 0.329 e. The molecule has 1 heterocycles. The van der Waals surface area contributed by atoms with Crippen molar-refractivity contribution in [3.05, 3.63) is 28.2 Å². The van der Waals surface area contributed by atoms with E-state index in [-0.39, 0.29) is 6.54 Å². The van der Waals surface area contributed by atoms with Gasteiger partial charge >= 0.3 is 0 Å². The van der Waals surface area contributed by atoms with E-state index in [4.69, 9.17) is 5.73 Å². The minimum atomic E-state index is -3.16. The Labute approximate surface area is 91.4 Å². The zero-order chi connectivity index (χ0) is 10.3. The van der Waals surface area contributed by atoms with E-state index < -0.39 is 15.1 Å². The summed E-state index contributed by atoms with van der Waals surface area (Å²) < 4.78 is 24.6. The summed E-state index contributed by atoms with van der Waals surface area (Å²) in [6, 6.07) is 5.24. The fraction of sp³-hybridized carbons (Fsp3) is 0.333. The van der Waals surface area contributed by atoms with Gasteiger partial charge in [0.15, 0.2) is 9.84 Å². The van der Waals surface area contributed by atoms with Crippen LogP contribution in [0.4, 0.5) is 0 Å². The highest BCUT2D eigenvalue weighted by Gasteiger charge is 2.35. The third kappa shape index (κ3) is 1.39. The average Bonchev–Trinajstić information content (AvgIpc) is 2.37. The molecule has 0 spiro atoms. The normalized spacial score (nSPS) is 23.4. The summed E-state index contributed by atoms with van der Waals surface area (Å²) in [4.78, 5) is 0.441. The van der Waals surface area contributed by atoms with E-state index in [0.717, 1.165) is 10.0 Å². The molecule has 76 valence electrons. The molecule has 0 aliphatic carbocycles. The standard InChI is InChI=1S/C9H10BrNO2S/c10-7-1-2-9-6(3-7)4-8(5-11)14(9,12)13/h1-3,8H,4-5,11H2. The third-order valence-corrected chi connectivity index (χ3v) is 5.22. The molecule has 0 bridgehead atoms. The quantitative estimate of drug-likeness (QED) is 0.835. The first-order valence-corrected chi connectivity index (χ1v) is 6.62. The fourth-order valence-corrected chi connectivity index (χ4v) is 3.92. The molecule has 0 aromatic heterocycles. The Morgan fingerprint density at radius 2 is 2.21 bits per heavy atom. The maximum absolute atomic E-state index is 11.8. The molecule has 1 unspecified atom stereocenters. The van der Waals surface area contributed by atoms with Gasteiger partial charge in [0, 0.05) is 11.0 Å². The lowest BCUT2D eigenvalue weighted by atomic mass is 10.1.